The Labute approximate surface area is 147 Å². The minimum atomic E-state index is -0.102. The second-order valence-electron chi connectivity index (χ2n) is 5.86. The summed E-state index contributed by atoms with van der Waals surface area (Å²) in [5.74, 6) is -0.173. The predicted molar refractivity (Wildman–Crippen MR) is 94.1 cm³/mol. The van der Waals surface area contributed by atoms with Crippen molar-refractivity contribution < 1.29 is 9.59 Å². The number of carbonyl (C=O) groups excluding carboxylic acids is 2. The van der Waals surface area contributed by atoms with E-state index in [1.165, 1.54) is 13.3 Å². The van der Waals surface area contributed by atoms with Gasteiger partial charge >= 0.3 is 0 Å². The first-order valence-electron chi connectivity index (χ1n) is 8.13. The lowest BCUT2D eigenvalue weighted by molar-refractivity contribution is -0.123. The van der Waals surface area contributed by atoms with Gasteiger partial charge in [0.15, 0.2) is 0 Å². The highest BCUT2D eigenvalue weighted by Crippen LogP contribution is 2.19. The molecular formula is C17H24N6O2. The van der Waals surface area contributed by atoms with E-state index in [1.54, 1.807) is 11.0 Å². The second kappa shape index (κ2) is 8.93. The molecule has 2 aromatic rings. The van der Waals surface area contributed by atoms with Crippen LogP contribution in [-0.4, -0.2) is 58.2 Å². The van der Waals surface area contributed by atoms with Gasteiger partial charge in [-0.15, -0.1) is 0 Å². The summed E-state index contributed by atoms with van der Waals surface area (Å²) in [5.41, 5.74) is 2.05. The van der Waals surface area contributed by atoms with Crippen LogP contribution < -0.4 is 10.6 Å². The summed E-state index contributed by atoms with van der Waals surface area (Å²) in [6.07, 6.45) is 3.14. The molecule has 0 aliphatic carbocycles. The van der Waals surface area contributed by atoms with E-state index in [-0.39, 0.29) is 24.4 Å². The quantitative estimate of drug-likeness (QED) is 0.681. The van der Waals surface area contributed by atoms with E-state index in [0.717, 1.165) is 11.3 Å². The number of likely N-dealkylation sites (N-methyl/N-ethyl adjacent to an activating group) is 1. The van der Waals surface area contributed by atoms with Gasteiger partial charge in [-0.1, -0.05) is 12.1 Å². The standard InChI is InChI=1S/C17H24N6O2/c1-13(22(3)10-17(25)20-9-8-19-14(2)24)15-4-6-16(7-5-15)23-12-18-11-21-23/h4-7,11-13H,8-10H2,1-3H3,(H,19,24)(H,20,25). The highest BCUT2D eigenvalue weighted by molar-refractivity contribution is 5.78. The molecule has 1 heterocycles. The molecule has 0 spiro atoms. The van der Waals surface area contributed by atoms with Crippen molar-refractivity contribution in [2.75, 3.05) is 26.7 Å². The van der Waals surface area contributed by atoms with Crippen molar-refractivity contribution >= 4 is 11.8 Å². The smallest absolute Gasteiger partial charge is 0.234 e. The summed E-state index contributed by atoms with van der Waals surface area (Å²) in [6, 6.07) is 8.08. The van der Waals surface area contributed by atoms with Crippen molar-refractivity contribution in [1.29, 1.82) is 0 Å². The molecule has 2 N–H and O–H groups in total. The summed E-state index contributed by atoms with van der Waals surface area (Å²) < 4.78 is 1.70. The molecular weight excluding hydrogens is 320 g/mol. The summed E-state index contributed by atoms with van der Waals surface area (Å²) in [4.78, 5) is 28.6. The Morgan fingerprint density at radius 3 is 2.48 bits per heavy atom. The largest absolute Gasteiger partial charge is 0.355 e. The van der Waals surface area contributed by atoms with E-state index in [9.17, 15) is 9.59 Å². The van der Waals surface area contributed by atoms with Crippen LogP contribution in [0.1, 0.15) is 25.5 Å². The Bertz CT molecular complexity index is 684. The molecule has 0 fully saturated rings. The van der Waals surface area contributed by atoms with Crippen LogP contribution in [0, 0.1) is 0 Å². The lowest BCUT2D eigenvalue weighted by Gasteiger charge is -2.24. The van der Waals surface area contributed by atoms with Crippen LogP contribution in [0.5, 0.6) is 0 Å². The fourth-order valence-corrected chi connectivity index (χ4v) is 2.36. The SMILES string of the molecule is CC(=O)NCCNC(=O)CN(C)C(C)c1ccc(-n2cncn2)cc1. The molecule has 1 aromatic heterocycles. The van der Waals surface area contributed by atoms with E-state index in [2.05, 4.69) is 27.6 Å². The lowest BCUT2D eigenvalue weighted by Crippen LogP contribution is -2.39. The maximum atomic E-state index is 12.0. The van der Waals surface area contributed by atoms with Crippen LogP contribution in [-0.2, 0) is 9.59 Å². The Kier molecular flexibility index (Phi) is 6.64. The predicted octanol–water partition coefficient (Wildman–Crippen LogP) is 0.512. The molecule has 1 aromatic carbocycles. The normalized spacial score (nSPS) is 12.0. The third kappa shape index (κ3) is 5.68. The van der Waals surface area contributed by atoms with Crippen LogP contribution in [0.2, 0.25) is 0 Å². The first kappa shape index (κ1) is 18.6. The Balaban J connectivity index is 1.83. The van der Waals surface area contributed by atoms with Gasteiger partial charge in [0.1, 0.15) is 12.7 Å². The summed E-state index contributed by atoms with van der Waals surface area (Å²) >= 11 is 0. The first-order chi connectivity index (χ1) is 12.0. The molecule has 134 valence electrons. The van der Waals surface area contributed by atoms with Gasteiger partial charge in [0, 0.05) is 26.1 Å². The number of hydrogen-bond donors (Lipinski definition) is 2. The average Bonchev–Trinajstić information content (AvgIpc) is 3.12. The van der Waals surface area contributed by atoms with E-state index < -0.39 is 0 Å². The fourth-order valence-electron chi connectivity index (χ4n) is 2.36. The summed E-state index contributed by atoms with van der Waals surface area (Å²) in [6.45, 7) is 4.64. The summed E-state index contributed by atoms with van der Waals surface area (Å²) in [5, 5.41) is 9.53. The molecule has 8 heteroatoms. The molecule has 0 aliphatic heterocycles. The van der Waals surface area contributed by atoms with E-state index in [4.69, 9.17) is 0 Å². The highest BCUT2D eigenvalue weighted by Gasteiger charge is 2.15. The Morgan fingerprint density at radius 1 is 1.20 bits per heavy atom. The number of amides is 2. The number of rotatable bonds is 8. The van der Waals surface area contributed by atoms with Crippen LogP contribution in [0.25, 0.3) is 5.69 Å². The molecule has 0 radical (unpaired) electrons. The molecule has 0 aliphatic rings. The average molecular weight is 344 g/mol. The molecule has 0 bridgehead atoms. The van der Waals surface area contributed by atoms with Crippen molar-refractivity contribution in [2.45, 2.75) is 19.9 Å². The lowest BCUT2D eigenvalue weighted by atomic mass is 10.1. The molecule has 8 nitrogen and oxygen atoms in total. The first-order valence-corrected chi connectivity index (χ1v) is 8.13. The Morgan fingerprint density at radius 2 is 1.88 bits per heavy atom. The minimum Gasteiger partial charge on any atom is -0.355 e. The van der Waals surface area contributed by atoms with E-state index in [1.807, 2.05) is 36.2 Å². The molecule has 2 rings (SSSR count). The zero-order valence-electron chi connectivity index (χ0n) is 14.8. The van der Waals surface area contributed by atoms with Gasteiger partial charge < -0.3 is 10.6 Å². The molecule has 0 saturated carbocycles. The van der Waals surface area contributed by atoms with Gasteiger partial charge in [-0.25, -0.2) is 9.67 Å². The number of aromatic nitrogens is 3. The Hall–Kier alpha value is -2.74. The zero-order chi connectivity index (χ0) is 18.2. The van der Waals surface area contributed by atoms with E-state index in [0.29, 0.717) is 13.1 Å². The minimum absolute atomic E-state index is 0.0704. The van der Waals surface area contributed by atoms with Crippen LogP contribution in [0.3, 0.4) is 0 Å². The van der Waals surface area contributed by atoms with Gasteiger partial charge in [-0.2, -0.15) is 5.10 Å². The van der Waals surface area contributed by atoms with Crippen LogP contribution in [0.15, 0.2) is 36.9 Å². The number of nitrogens with one attached hydrogen (secondary N) is 2. The third-order valence-electron chi connectivity index (χ3n) is 3.93. The highest BCUT2D eigenvalue weighted by atomic mass is 16.2. The molecule has 1 unspecified atom stereocenters. The van der Waals surface area contributed by atoms with Crippen LogP contribution >= 0.6 is 0 Å². The third-order valence-corrected chi connectivity index (χ3v) is 3.93. The van der Waals surface area contributed by atoms with Gasteiger partial charge in [0.05, 0.1) is 12.2 Å². The molecule has 0 saturated heterocycles. The van der Waals surface area contributed by atoms with Crippen LogP contribution in [0.4, 0.5) is 0 Å². The molecule has 25 heavy (non-hydrogen) atoms. The van der Waals surface area contributed by atoms with Crippen molar-refractivity contribution in [3.05, 3.63) is 42.5 Å². The van der Waals surface area contributed by atoms with Gasteiger partial charge in [0.2, 0.25) is 11.8 Å². The van der Waals surface area contributed by atoms with Crippen molar-refractivity contribution in [1.82, 2.24) is 30.3 Å². The number of nitrogens with zero attached hydrogens (tertiary/aromatic N) is 4. The van der Waals surface area contributed by atoms with E-state index >= 15 is 0 Å². The monoisotopic (exact) mass is 344 g/mol. The van der Waals surface area contributed by atoms with Gasteiger partial charge in [-0.05, 0) is 31.7 Å². The molecule has 2 amide bonds. The van der Waals surface area contributed by atoms with Gasteiger partial charge in [-0.3, -0.25) is 14.5 Å². The van der Waals surface area contributed by atoms with Crippen molar-refractivity contribution in [2.24, 2.45) is 0 Å². The molecule has 1 atom stereocenters. The fraction of sp³-hybridized carbons (Fsp3) is 0.412. The summed E-state index contributed by atoms with van der Waals surface area (Å²) in [7, 11) is 1.91. The number of hydrogen-bond acceptors (Lipinski definition) is 5. The van der Waals surface area contributed by atoms with Crippen molar-refractivity contribution in [3.8, 4) is 5.69 Å². The second-order valence-corrected chi connectivity index (χ2v) is 5.86. The maximum Gasteiger partial charge on any atom is 0.234 e. The zero-order valence-corrected chi connectivity index (χ0v) is 14.8. The maximum absolute atomic E-state index is 12.0. The topological polar surface area (TPSA) is 92.2 Å². The number of carbonyl (C=O) groups is 2. The number of benzene rings is 1. The van der Waals surface area contributed by atoms with Crippen molar-refractivity contribution in [3.63, 3.8) is 0 Å². The van der Waals surface area contributed by atoms with Gasteiger partial charge in [0.25, 0.3) is 0 Å².